The first kappa shape index (κ1) is 22.6. The molecule has 0 radical (unpaired) electrons. The Labute approximate surface area is 181 Å². The van der Waals surface area contributed by atoms with Gasteiger partial charge in [-0.25, -0.2) is 13.1 Å². The lowest BCUT2D eigenvalue weighted by atomic mass is 10.1. The van der Waals surface area contributed by atoms with E-state index in [2.05, 4.69) is 10.0 Å². The van der Waals surface area contributed by atoms with Crippen molar-refractivity contribution in [1.82, 2.24) is 14.9 Å². The van der Waals surface area contributed by atoms with Crippen LogP contribution in [0.25, 0.3) is 0 Å². The van der Waals surface area contributed by atoms with Crippen LogP contribution in [0.1, 0.15) is 39.9 Å². The molecule has 1 fully saturated rings. The second-order valence-electron chi connectivity index (χ2n) is 7.49. The smallest absolute Gasteiger partial charge is 0.251 e. The first-order valence-corrected chi connectivity index (χ1v) is 11.4. The fourth-order valence-electron chi connectivity index (χ4n) is 3.28. The quantitative estimate of drug-likeness (QED) is 0.476. The van der Waals surface area contributed by atoms with Crippen molar-refractivity contribution >= 4 is 27.7 Å². The largest absolute Gasteiger partial charge is 0.351 e. The van der Waals surface area contributed by atoms with Gasteiger partial charge in [-0.3, -0.25) is 19.3 Å². The van der Waals surface area contributed by atoms with Crippen LogP contribution >= 0.6 is 0 Å². The van der Waals surface area contributed by atoms with Gasteiger partial charge in [-0.05, 0) is 48.7 Å². The summed E-state index contributed by atoms with van der Waals surface area (Å²) < 4.78 is 27.4. The summed E-state index contributed by atoms with van der Waals surface area (Å²) in [5.74, 6) is -0.712. The predicted molar refractivity (Wildman–Crippen MR) is 115 cm³/mol. The molecule has 2 aromatic rings. The van der Waals surface area contributed by atoms with Crippen molar-refractivity contribution in [2.45, 2.75) is 38.1 Å². The van der Waals surface area contributed by atoms with Gasteiger partial charge in [0.15, 0.2) is 0 Å². The van der Waals surface area contributed by atoms with E-state index in [0.29, 0.717) is 11.1 Å². The lowest BCUT2D eigenvalue weighted by Gasteiger charge is -2.14. The predicted octanol–water partition coefficient (Wildman–Crippen LogP) is 1.66. The normalized spacial score (nSPS) is 14.2. The maximum Gasteiger partial charge on any atom is 0.251 e. The van der Waals surface area contributed by atoms with Gasteiger partial charge < -0.3 is 5.32 Å². The molecule has 0 aliphatic carbocycles. The maximum absolute atomic E-state index is 12.5. The Morgan fingerprint density at radius 3 is 2.26 bits per heavy atom. The van der Waals surface area contributed by atoms with Crippen LogP contribution < -0.4 is 10.0 Å². The number of nitrogens with one attached hydrogen (secondary N) is 2. The number of amides is 3. The molecule has 8 nitrogen and oxygen atoms in total. The van der Waals surface area contributed by atoms with Crippen molar-refractivity contribution in [3.8, 4) is 0 Å². The highest BCUT2D eigenvalue weighted by Crippen LogP contribution is 2.17. The molecule has 3 rings (SSSR count). The number of benzene rings is 2. The standard InChI is InChI=1S/C22H25N3O5S/c1-15-3-4-16(2)19(13-15)31(29,30)24-12-11-23-22(28)18-7-5-17(6-8-18)14-25-20(26)9-10-21(25)27/h3-8,13,24H,9-12,14H2,1-2H3,(H,23,28). The Bertz CT molecular complexity index is 1090. The molecule has 9 heteroatoms. The molecule has 31 heavy (non-hydrogen) atoms. The summed E-state index contributed by atoms with van der Waals surface area (Å²) in [5.41, 5.74) is 2.65. The average Bonchev–Trinajstić information content (AvgIpc) is 3.05. The molecule has 164 valence electrons. The first-order valence-electron chi connectivity index (χ1n) is 9.94. The highest BCUT2D eigenvalue weighted by atomic mass is 32.2. The molecule has 1 heterocycles. The van der Waals surface area contributed by atoms with E-state index in [4.69, 9.17) is 0 Å². The molecule has 0 saturated carbocycles. The molecular weight excluding hydrogens is 418 g/mol. The minimum Gasteiger partial charge on any atom is -0.351 e. The number of nitrogens with zero attached hydrogens (tertiary/aromatic N) is 1. The molecule has 2 N–H and O–H groups in total. The number of sulfonamides is 1. The Morgan fingerprint density at radius 2 is 1.61 bits per heavy atom. The number of carbonyl (C=O) groups is 3. The monoisotopic (exact) mass is 443 g/mol. The molecule has 0 unspecified atom stereocenters. The van der Waals surface area contributed by atoms with E-state index in [1.807, 2.05) is 13.0 Å². The topological polar surface area (TPSA) is 113 Å². The van der Waals surface area contributed by atoms with E-state index in [9.17, 15) is 22.8 Å². The molecular formula is C22H25N3O5S. The number of imide groups is 1. The van der Waals surface area contributed by atoms with E-state index < -0.39 is 10.0 Å². The van der Waals surface area contributed by atoms with Crippen LogP contribution in [0.5, 0.6) is 0 Å². The van der Waals surface area contributed by atoms with Crippen molar-refractivity contribution in [3.63, 3.8) is 0 Å². The van der Waals surface area contributed by atoms with Crippen LogP contribution in [-0.4, -0.2) is 44.1 Å². The van der Waals surface area contributed by atoms with Crippen LogP contribution in [0.2, 0.25) is 0 Å². The lowest BCUT2D eigenvalue weighted by molar-refractivity contribution is -0.139. The van der Waals surface area contributed by atoms with Gasteiger partial charge in [0.25, 0.3) is 5.91 Å². The highest BCUT2D eigenvalue weighted by molar-refractivity contribution is 7.89. The second kappa shape index (κ2) is 9.40. The van der Waals surface area contributed by atoms with Gasteiger partial charge in [0.05, 0.1) is 11.4 Å². The average molecular weight is 444 g/mol. The fourth-order valence-corrected chi connectivity index (χ4v) is 4.64. The number of hydrogen-bond acceptors (Lipinski definition) is 5. The van der Waals surface area contributed by atoms with E-state index in [1.165, 1.54) is 4.90 Å². The van der Waals surface area contributed by atoms with Crippen molar-refractivity contribution in [1.29, 1.82) is 0 Å². The maximum atomic E-state index is 12.5. The minimum absolute atomic E-state index is 0.0543. The Morgan fingerprint density at radius 1 is 0.968 bits per heavy atom. The van der Waals surface area contributed by atoms with E-state index in [-0.39, 0.29) is 55.1 Å². The van der Waals surface area contributed by atoms with Crippen LogP contribution in [-0.2, 0) is 26.2 Å². The minimum atomic E-state index is -3.66. The summed E-state index contributed by atoms with van der Waals surface area (Å²) in [6, 6.07) is 11.8. The van der Waals surface area contributed by atoms with Gasteiger partial charge in [0.2, 0.25) is 21.8 Å². The summed E-state index contributed by atoms with van der Waals surface area (Å²) in [6.45, 7) is 3.93. The van der Waals surface area contributed by atoms with E-state index in [1.54, 1.807) is 43.3 Å². The zero-order valence-corrected chi connectivity index (χ0v) is 18.3. The summed E-state index contributed by atoms with van der Waals surface area (Å²) in [4.78, 5) is 37.1. The van der Waals surface area contributed by atoms with Crippen LogP contribution in [0, 0.1) is 13.8 Å². The summed E-state index contributed by atoms with van der Waals surface area (Å²) in [6.07, 6.45) is 0.485. The van der Waals surface area contributed by atoms with Gasteiger partial charge in [0.1, 0.15) is 0 Å². The molecule has 0 aromatic heterocycles. The van der Waals surface area contributed by atoms with Crippen molar-refractivity contribution in [3.05, 3.63) is 64.7 Å². The third-order valence-electron chi connectivity index (χ3n) is 5.05. The molecule has 3 amide bonds. The van der Waals surface area contributed by atoms with Gasteiger partial charge in [-0.15, -0.1) is 0 Å². The van der Waals surface area contributed by atoms with Gasteiger partial charge in [0, 0.05) is 31.5 Å². The van der Waals surface area contributed by atoms with E-state index in [0.717, 1.165) is 11.1 Å². The van der Waals surface area contributed by atoms with Crippen molar-refractivity contribution in [2.75, 3.05) is 13.1 Å². The number of rotatable bonds is 8. The van der Waals surface area contributed by atoms with Crippen LogP contribution in [0.15, 0.2) is 47.4 Å². The molecule has 1 saturated heterocycles. The summed E-state index contributed by atoms with van der Waals surface area (Å²) in [5, 5.41) is 2.67. The van der Waals surface area contributed by atoms with Gasteiger partial charge in [-0.1, -0.05) is 24.3 Å². The Balaban J connectivity index is 1.50. The first-order chi connectivity index (χ1) is 14.7. The third kappa shape index (κ3) is 5.56. The number of likely N-dealkylation sites (tertiary alicyclic amines) is 1. The molecule has 0 spiro atoms. The molecule has 0 bridgehead atoms. The zero-order chi connectivity index (χ0) is 22.6. The molecule has 0 atom stereocenters. The molecule has 1 aliphatic rings. The fraction of sp³-hybridized carbons (Fsp3) is 0.318. The van der Waals surface area contributed by atoms with Crippen LogP contribution in [0.3, 0.4) is 0 Å². The Hall–Kier alpha value is -3.04. The second-order valence-corrected chi connectivity index (χ2v) is 9.23. The number of hydrogen-bond donors (Lipinski definition) is 2. The Kier molecular flexibility index (Phi) is 6.87. The summed E-state index contributed by atoms with van der Waals surface area (Å²) >= 11 is 0. The SMILES string of the molecule is Cc1ccc(C)c(S(=O)(=O)NCCNC(=O)c2ccc(CN3C(=O)CCC3=O)cc2)c1. The molecule has 1 aliphatic heterocycles. The van der Waals surface area contributed by atoms with Crippen molar-refractivity contribution < 1.29 is 22.8 Å². The molecule has 2 aromatic carbocycles. The number of aryl methyl sites for hydroxylation is 2. The number of carbonyl (C=O) groups excluding carboxylic acids is 3. The summed E-state index contributed by atoms with van der Waals surface area (Å²) in [7, 11) is -3.66. The van der Waals surface area contributed by atoms with Crippen molar-refractivity contribution in [2.24, 2.45) is 0 Å². The van der Waals surface area contributed by atoms with Gasteiger partial charge >= 0.3 is 0 Å². The lowest BCUT2D eigenvalue weighted by Crippen LogP contribution is -2.35. The zero-order valence-electron chi connectivity index (χ0n) is 17.5. The van der Waals surface area contributed by atoms with E-state index >= 15 is 0 Å². The highest BCUT2D eigenvalue weighted by Gasteiger charge is 2.28. The van der Waals surface area contributed by atoms with Gasteiger partial charge in [-0.2, -0.15) is 0 Å². The van der Waals surface area contributed by atoms with Crippen LogP contribution in [0.4, 0.5) is 0 Å². The third-order valence-corrected chi connectivity index (χ3v) is 6.65.